The Morgan fingerprint density at radius 2 is 1.14 bits per heavy atom. The summed E-state index contributed by atoms with van der Waals surface area (Å²) in [5.41, 5.74) is 0. The Balaban J connectivity index is 1.73. The first-order valence-corrected chi connectivity index (χ1v) is 10.9. The van der Waals surface area contributed by atoms with E-state index >= 15 is 0 Å². The van der Waals surface area contributed by atoms with Gasteiger partial charge < -0.3 is 0 Å². The Labute approximate surface area is 140 Å². The van der Waals surface area contributed by atoms with Crippen LogP contribution in [0.25, 0.3) is 0 Å². The second-order valence-electron chi connectivity index (χ2n) is 8.44. The maximum absolute atomic E-state index is 2.33. The van der Waals surface area contributed by atoms with E-state index in [1.807, 2.05) is 0 Å². The molecule has 2 atom stereocenters. The zero-order chi connectivity index (χ0) is 15.5. The van der Waals surface area contributed by atoms with Gasteiger partial charge in [-0.3, -0.25) is 0 Å². The Bertz CT molecular complexity index is 249. The molecule has 0 aromatic carbocycles. The molecule has 0 nitrogen and oxygen atoms in total. The molecule has 2 rings (SSSR count). The third-order valence-corrected chi connectivity index (χ3v) is 6.67. The van der Waals surface area contributed by atoms with Crippen LogP contribution >= 0.6 is 0 Å². The second-order valence-corrected chi connectivity index (χ2v) is 8.44. The van der Waals surface area contributed by atoms with Crippen LogP contribution in [0.3, 0.4) is 0 Å². The van der Waals surface area contributed by atoms with Gasteiger partial charge in [-0.05, 0) is 24.2 Å². The number of unbranched alkanes of at least 4 members (excludes halogenated alkanes) is 3. The van der Waals surface area contributed by atoms with E-state index in [2.05, 4.69) is 6.92 Å². The topological polar surface area (TPSA) is 0 Å². The van der Waals surface area contributed by atoms with Crippen molar-refractivity contribution in [1.82, 2.24) is 0 Å². The summed E-state index contributed by atoms with van der Waals surface area (Å²) in [4.78, 5) is 0. The highest BCUT2D eigenvalue weighted by Crippen LogP contribution is 2.37. The summed E-state index contributed by atoms with van der Waals surface area (Å²) in [5, 5.41) is 0. The molecule has 0 heteroatoms. The molecular formula is C22H42. The summed E-state index contributed by atoms with van der Waals surface area (Å²) in [5.74, 6) is 3.27. The van der Waals surface area contributed by atoms with Gasteiger partial charge in [-0.25, -0.2) is 0 Å². The molecule has 0 heterocycles. The molecule has 2 saturated carbocycles. The highest BCUT2D eigenvalue weighted by molar-refractivity contribution is 4.76. The van der Waals surface area contributed by atoms with Crippen LogP contribution in [0, 0.1) is 17.8 Å². The molecule has 0 spiro atoms. The minimum Gasteiger partial charge on any atom is -0.0654 e. The van der Waals surface area contributed by atoms with Crippen molar-refractivity contribution in [2.45, 2.75) is 122 Å². The highest BCUT2D eigenvalue weighted by Gasteiger charge is 2.24. The number of hydrogen-bond donors (Lipinski definition) is 0. The largest absolute Gasteiger partial charge is 0.0654 e. The van der Waals surface area contributed by atoms with Crippen LogP contribution < -0.4 is 0 Å². The van der Waals surface area contributed by atoms with Gasteiger partial charge in [-0.2, -0.15) is 0 Å². The van der Waals surface area contributed by atoms with Crippen LogP contribution in [0.4, 0.5) is 0 Å². The lowest BCUT2D eigenvalue weighted by Gasteiger charge is -2.32. The minimum absolute atomic E-state index is 1.08. The third kappa shape index (κ3) is 7.05. The van der Waals surface area contributed by atoms with Gasteiger partial charge in [0, 0.05) is 0 Å². The van der Waals surface area contributed by atoms with E-state index in [1.165, 1.54) is 77.0 Å². The zero-order valence-electron chi connectivity index (χ0n) is 15.5. The molecule has 22 heavy (non-hydrogen) atoms. The van der Waals surface area contributed by atoms with Crippen molar-refractivity contribution in [2.75, 3.05) is 0 Å². The monoisotopic (exact) mass is 306 g/mol. The summed E-state index contributed by atoms with van der Waals surface area (Å²) in [6.45, 7) is 2.33. The first-order valence-electron chi connectivity index (χ1n) is 10.9. The molecule has 0 N–H and O–H groups in total. The van der Waals surface area contributed by atoms with E-state index < -0.39 is 0 Å². The summed E-state index contributed by atoms with van der Waals surface area (Å²) in [7, 11) is 0. The van der Waals surface area contributed by atoms with E-state index in [0.29, 0.717) is 0 Å². The normalized spacial score (nSPS) is 29.3. The van der Waals surface area contributed by atoms with Gasteiger partial charge in [0.15, 0.2) is 0 Å². The van der Waals surface area contributed by atoms with Crippen LogP contribution in [0.5, 0.6) is 0 Å². The fraction of sp³-hybridized carbons (Fsp3) is 1.00. The minimum atomic E-state index is 1.08. The predicted molar refractivity (Wildman–Crippen MR) is 99.3 cm³/mol. The maximum Gasteiger partial charge on any atom is -0.0386 e. The van der Waals surface area contributed by atoms with Crippen molar-refractivity contribution in [3.8, 4) is 0 Å². The quantitative estimate of drug-likeness (QED) is 0.437. The van der Waals surface area contributed by atoms with Crippen molar-refractivity contribution >= 4 is 0 Å². The summed E-state index contributed by atoms with van der Waals surface area (Å²) in [6, 6.07) is 0. The van der Waals surface area contributed by atoms with E-state index in [0.717, 1.165) is 17.8 Å². The molecule has 0 radical (unpaired) electrons. The van der Waals surface area contributed by atoms with E-state index in [-0.39, 0.29) is 0 Å². The van der Waals surface area contributed by atoms with E-state index in [1.54, 1.807) is 38.5 Å². The molecule has 130 valence electrons. The van der Waals surface area contributed by atoms with E-state index in [9.17, 15) is 0 Å². The van der Waals surface area contributed by atoms with E-state index in [4.69, 9.17) is 0 Å². The lowest BCUT2D eigenvalue weighted by Crippen LogP contribution is -2.19. The Kier molecular flexibility index (Phi) is 9.61. The second kappa shape index (κ2) is 11.5. The first kappa shape index (κ1) is 18.3. The van der Waals surface area contributed by atoms with Crippen molar-refractivity contribution in [1.29, 1.82) is 0 Å². The Morgan fingerprint density at radius 1 is 0.545 bits per heavy atom. The maximum atomic E-state index is 2.33. The lowest BCUT2D eigenvalue weighted by molar-refractivity contribution is 0.199. The molecule has 0 aromatic rings. The summed E-state index contributed by atoms with van der Waals surface area (Å²) < 4.78 is 0. The van der Waals surface area contributed by atoms with Crippen LogP contribution in [-0.2, 0) is 0 Å². The standard InChI is InChI=1S/C22H42/c1-2-3-4-8-13-20-14-11-12-17-22(19-18-20)21-15-9-6-5-7-10-16-21/h20-22H,2-19H2,1H3. The molecule has 0 saturated heterocycles. The predicted octanol–water partition coefficient (Wildman–Crippen LogP) is 7.90. The van der Waals surface area contributed by atoms with Crippen molar-refractivity contribution in [3.63, 3.8) is 0 Å². The zero-order valence-corrected chi connectivity index (χ0v) is 15.5. The van der Waals surface area contributed by atoms with Gasteiger partial charge in [-0.15, -0.1) is 0 Å². The molecular weight excluding hydrogens is 264 g/mol. The Hall–Kier alpha value is 0. The molecule has 2 aliphatic rings. The molecule has 0 bridgehead atoms. The average Bonchev–Trinajstić information content (AvgIpc) is 2.46. The van der Waals surface area contributed by atoms with Gasteiger partial charge in [0.2, 0.25) is 0 Å². The molecule has 0 aliphatic heterocycles. The Morgan fingerprint density at radius 3 is 1.86 bits per heavy atom. The fourth-order valence-corrected chi connectivity index (χ4v) is 5.16. The first-order chi connectivity index (χ1) is 10.9. The van der Waals surface area contributed by atoms with Crippen LogP contribution in [0.15, 0.2) is 0 Å². The van der Waals surface area contributed by atoms with Crippen molar-refractivity contribution in [3.05, 3.63) is 0 Å². The molecule has 2 aliphatic carbocycles. The smallest absolute Gasteiger partial charge is 0.0386 e. The number of hydrogen-bond acceptors (Lipinski definition) is 0. The summed E-state index contributed by atoms with van der Waals surface area (Å²) >= 11 is 0. The lowest BCUT2D eigenvalue weighted by atomic mass is 9.74. The molecule has 0 aromatic heterocycles. The average molecular weight is 307 g/mol. The summed E-state index contributed by atoms with van der Waals surface area (Å²) in [6.07, 6.45) is 27.4. The van der Waals surface area contributed by atoms with Crippen LogP contribution in [0.1, 0.15) is 122 Å². The highest BCUT2D eigenvalue weighted by atomic mass is 14.3. The SMILES string of the molecule is CCCCCCC1CCCCC(C2CCCCCCC2)CC1. The van der Waals surface area contributed by atoms with Gasteiger partial charge in [0.05, 0.1) is 0 Å². The van der Waals surface area contributed by atoms with Gasteiger partial charge in [0.1, 0.15) is 0 Å². The molecule has 2 unspecified atom stereocenters. The van der Waals surface area contributed by atoms with Gasteiger partial charge in [0.25, 0.3) is 0 Å². The van der Waals surface area contributed by atoms with Gasteiger partial charge >= 0.3 is 0 Å². The van der Waals surface area contributed by atoms with Crippen LogP contribution in [0.2, 0.25) is 0 Å². The van der Waals surface area contributed by atoms with Crippen molar-refractivity contribution < 1.29 is 0 Å². The molecule has 2 fully saturated rings. The third-order valence-electron chi connectivity index (χ3n) is 6.67. The van der Waals surface area contributed by atoms with Crippen molar-refractivity contribution in [2.24, 2.45) is 17.8 Å². The van der Waals surface area contributed by atoms with Crippen LogP contribution in [-0.4, -0.2) is 0 Å². The molecule has 0 amide bonds. The van der Waals surface area contributed by atoms with Gasteiger partial charge in [-0.1, -0.05) is 116 Å². The number of rotatable bonds is 6. The fourth-order valence-electron chi connectivity index (χ4n) is 5.16.